The number of rotatable bonds is 10. The second-order valence-corrected chi connectivity index (χ2v) is 9.26. The van der Waals surface area contributed by atoms with Crippen molar-refractivity contribution < 1.29 is 5.11 Å². The zero-order chi connectivity index (χ0) is 19.3. The molecule has 1 aromatic carbocycles. The third-order valence-corrected chi connectivity index (χ3v) is 6.88. The lowest BCUT2D eigenvalue weighted by molar-refractivity contribution is 0.299. The van der Waals surface area contributed by atoms with Gasteiger partial charge >= 0.3 is 0 Å². The van der Waals surface area contributed by atoms with E-state index in [1.165, 1.54) is 44.1 Å². The van der Waals surface area contributed by atoms with Gasteiger partial charge in [0.15, 0.2) is 0 Å². The summed E-state index contributed by atoms with van der Waals surface area (Å²) in [6.07, 6.45) is 7.50. The fourth-order valence-electron chi connectivity index (χ4n) is 3.75. The molecule has 144 valence electrons. The maximum atomic E-state index is 10.6. The molecule has 0 spiro atoms. The normalized spacial score (nSPS) is 15.2. The fraction of sp³-hybridized carbons (Fsp3) is 0.750. The van der Waals surface area contributed by atoms with Gasteiger partial charge in [0.1, 0.15) is 5.75 Å². The van der Waals surface area contributed by atoms with Crippen LogP contribution < -0.4 is 0 Å². The first-order chi connectivity index (χ1) is 11.6. The average molecular weight is 347 g/mol. The topological polar surface area (TPSA) is 20.2 Å². The molecule has 0 aliphatic carbocycles. The van der Waals surface area contributed by atoms with Gasteiger partial charge in [0.2, 0.25) is 0 Å². The summed E-state index contributed by atoms with van der Waals surface area (Å²) in [4.78, 5) is 0. The Morgan fingerprint density at radius 1 is 0.840 bits per heavy atom. The predicted octanol–water partition coefficient (Wildman–Crippen LogP) is 7.60. The van der Waals surface area contributed by atoms with E-state index in [2.05, 4.69) is 67.5 Å². The van der Waals surface area contributed by atoms with Crippen molar-refractivity contribution in [1.29, 1.82) is 0 Å². The van der Waals surface area contributed by atoms with E-state index in [4.69, 9.17) is 0 Å². The van der Waals surface area contributed by atoms with E-state index in [0.29, 0.717) is 17.6 Å². The van der Waals surface area contributed by atoms with Crippen molar-refractivity contribution in [2.75, 3.05) is 0 Å². The molecule has 2 unspecified atom stereocenters. The number of hydrogen-bond donors (Lipinski definition) is 1. The van der Waals surface area contributed by atoms with Crippen molar-refractivity contribution in [3.63, 3.8) is 0 Å². The van der Waals surface area contributed by atoms with Gasteiger partial charge < -0.3 is 5.11 Å². The van der Waals surface area contributed by atoms with Crippen LogP contribution in [-0.4, -0.2) is 5.11 Å². The van der Waals surface area contributed by atoms with Crippen LogP contribution in [0, 0.1) is 11.8 Å². The van der Waals surface area contributed by atoms with Gasteiger partial charge in [-0.1, -0.05) is 93.2 Å². The molecule has 0 radical (unpaired) electrons. The zero-order valence-electron chi connectivity index (χ0n) is 18.1. The summed E-state index contributed by atoms with van der Waals surface area (Å²) < 4.78 is 0. The predicted molar refractivity (Wildman–Crippen MR) is 112 cm³/mol. The molecule has 1 aromatic rings. The molecule has 0 amide bonds. The first kappa shape index (κ1) is 22.1. The molecule has 0 aliphatic heterocycles. The largest absolute Gasteiger partial charge is 0.508 e. The molecule has 0 saturated heterocycles. The lowest BCUT2D eigenvalue weighted by Gasteiger charge is -2.37. The Kier molecular flexibility index (Phi) is 8.03. The molecule has 1 rings (SSSR count). The molecule has 0 fully saturated rings. The number of phenolic OH excluding ortho intramolecular Hbond substituents is 1. The van der Waals surface area contributed by atoms with Crippen LogP contribution in [-0.2, 0) is 10.8 Å². The fourth-order valence-corrected chi connectivity index (χ4v) is 3.75. The van der Waals surface area contributed by atoms with Crippen LogP contribution in [0.5, 0.6) is 5.75 Å². The van der Waals surface area contributed by atoms with Crippen molar-refractivity contribution >= 4 is 0 Å². The van der Waals surface area contributed by atoms with Gasteiger partial charge in [-0.25, -0.2) is 0 Å². The Balaban J connectivity index is 3.17. The van der Waals surface area contributed by atoms with E-state index in [0.717, 1.165) is 5.56 Å². The first-order valence-electron chi connectivity index (χ1n) is 10.4. The number of benzene rings is 1. The molecule has 25 heavy (non-hydrogen) atoms. The highest BCUT2D eigenvalue weighted by Crippen LogP contribution is 2.43. The Bertz CT molecular complexity index is 527. The minimum atomic E-state index is -0.0159. The second kappa shape index (κ2) is 9.10. The zero-order valence-corrected chi connectivity index (χ0v) is 18.1. The van der Waals surface area contributed by atoms with Gasteiger partial charge in [0.05, 0.1) is 0 Å². The van der Waals surface area contributed by atoms with Crippen molar-refractivity contribution in [3.05, 3.63) is 29.3 Å². The maximum Gasteiger partial charge on any atom is 0.119 e. The lowest BCUT2D eigenvalue weighted by atomic mass is 9.68. The van der Waals surface area contributed by atoms with Crippen molar-refractivity contribution in [1.82, 2.24) is 0 Å². The van der Waals surface area contributed by atoms with Crippen molar-refractivity contribution in [2.24, 2.45) is 11.8 Å². The first-order valence-corrected chi connectivity index (χ1v) is 10.4. The number of unbranched alkanes of at least 4 members (excludes halogenated alkanes) is 2. The smallest absolute Gasteiger partial charge is 0.119 e. The summed E-state index contributed by atoms with van der Waals surface area (Å²) in [5.74, 6) is 1.63. The van der Waals surface area contributed by atoms with Crippen molar-refractivity contribution in [2.45, 2.75) is 105 Å². The SMILES string of the molecule is CCCCC(C)C(C)(C)c1ccc(O)c(C(C)(C)C(C)CCCC)c1. The van der Waals surface area contributed by atoms with Gasteiger partial charge in [0.25, 0.3) is 0 Å². The van der Waals surface area contributed by atoms with Gasteiger partial charge in [0, 0.05) is 5.56 Å². The Morgan fingerprint density at radius 2 is 1.32 bits per heavy atom. The number of phenols is 1. The Hall–Kier alpha value is -0.980. The molecule has 0 aliphatic rings. The molecular formula is C24H42O. The van der Waals surface area contributed by atoms with E-state index in [-0.39, 0.29) is 10.8 Å². The van der Waals surface area contributed by atoms with Crippen LogP contribution in [0.1, 0.15) is 105 Å². The Labute approximate surface area is 157 Å². The number of aromatic hydroxyl groups is 1. The highest BCUT2D eigenvalue weighted by molar-refractivity contribution is 5.43. The number of hydrogen-bond acceptors (Lipinski definition) is 1. The molecule has 0 aromatic heterocycles. The summed E-state index contributed by atoms with van der Waals surface area (Å²) in [5, 5.41) is 10.6. The third-order valence-electron chi connectivity index (χ3n) is 6.88. The molecule has 0 heterocycles. The minimum absolute atomic E-state index is 0.0159. The second-order valence-electron chi connectivity index (χ2n) is 9.26. The highest BCUT2D eigenvalue weighted by Gasteiger charge is 2.33. The summed E-state index contributed by atoms with van der Waals surface area (Å²) >= 11 is 0. The van der Waals surface area contributed by atoms with Crippen LogP contribution in [0.25, 0.3) is 0 Å². The maximum absolute atomic E-state index is 10.6. The summed E-state index contributed by atoms with van der Waals surface area (Å²) in [6.45, 7) is 18.5. The van der Waals surface area contributed by atoms with E-state index in [9.17, 15) is 5.11 Å². The van der Waals surface area contributed by atoms with Crippen LogP contribution in [0.4, 0.5) is 0 Å². The lowest BCUT2D eigenvalue weighted by Crippen LogP contribution is -2.30. The standard InChI is InChI=1S/C24H42O/c1-9-11-13-18(3)23(5,6)20-15-16-22(25)21(17-20)24(7,8)19(4)14-12-10-2/h15-19,25H,9-14H2,1-8H3. The highest BCUT2D eigenvalue weighted by atomic mass is 16.3. The average Bonchev–Trinajstić information content (AvgIpc) is 2.57. The van der Waals surface area contributed by atoms with Crippen LogP contribution in [0.3, 0.4) is 0 Å². The van der Waals surface area contributed by atoms with Crippen LogP contribution in [0.15, 0.2) is 18.2 Å². The molecular weight excluding hydrogens is 304 g/mol. The van der Waals surface area contributed by atoms with E-state index in [1.807, 2.05) is 6.07 Å². The van der Waals surface area contributed by atoms with Gasteiger partial charge in [-0.3, -0.25) is 0 Å². The van der Waals surface area contributed by atoms with E-state index < -0.39 is 0 Å². The summed E-state index contributed by atoms with van der Waals surface area (Å²) in [5.41, 5.74) is 2.59. The molecule has 0 bridgehead atoms. The molecule has 1 N–H and O–H groups in total. The van der Waals surface area contributed by atoms with E-state index in [1.54, 1.807) is 0 Å². The van der Waals surface area contributed by atoms with Gasteiger partial charge in [-0.05, 0) is 47.1 Å². The summed E-state index contributed by atoms with van der Waals surface area (Å²) in [6, 6.07) is 6.35. The molecule has 1 nitrogen and oxygen atoms in total. The molecule has 2 atom stereocenters. The Morgan fingerprint density at radius 3 is 1.80 bits per heavy atom. The quantitative estimate of drug-likeness (QED) is 0.462. The van der Waals surface area contributed by atoms with Crippen LogP contribution in [0.2, 0.25) is 0 Å². The minimum Gasteiger partial charge on any atom is -0.508 e. The van der Waals surface area contributed by atoms with Gasteiger partial charge in [-0.2, -0.15) is 0 Å². The molecule has 0 saturated carbocycles. The summed E-state index contributed by atoms with van der Waals surface area (Å²) in [7, 11) is 0. The van der Waals surface area contributed by atoms with Crippen molar-refractivity contribution in [3.8, 4) is 5.75 Å². The third kappa shape index (κ3) is 5.25. The van der Waals surface area contributed by atoms with Crippen LogP contribution >= 0.6 is 0 Å². The van der Waals surface area contributed by atoms with E-state index >= 15 is 0 Å². The molecule has 1 heteroatoms. The monoisotopic (exact) mass is 346 g/mol. The van der Waals surface area contributed by atoms with Gasteiger partial charge in [-0.15, -0.1) is 0 Å².